The van der Waals surface area contributed by atoms with E-state index in [1.54, 1.807) is 30.3 Å². The van der Waals surface area contributed by atoms with Gasteiger partial charge in [-0.05, 0) is 35.7 Å². The van der Waals surface area contributed by atoms with Gasteiger partial charge in [0.1, 0.15) is 17.3 Å². The molecule has 4 nitrogen and oxygen atoms in total. The van der Waals surface area contributed by atoms with Crippen molar-refractivity contribution < 1.29 is 9.18 Å². The third-order valence-corrected chi connectivity index (χ3v) is 2.61. The molecule has 1 aromatic carbocycles. The van der Waals surface area contributed by atoms with E-state index in [0.29, 0.717) is 11.5 Å². The maximum atomic E-state index is 12.8. The first-order chi connectivity index (χ1) is 10.2. The van der Waals surface area contributed by atoms with Crippen molar-refractivity contribution >= 4 is 11.7 Å². The summed E-state index contributed by atoms with van der Waals surface area (Å²) in [5, 5.41) is 2.68. The SMILES string of the molecule is NCC#Cc1cccc(NC(=O)Cc2ccc(F)cc2)n1. The predicted molar refractivity (Wildman–Crippen MR) is 78.9 cm³/mol. The first-order valence-electron chi connectivity index (χ1n) is 6.37. The van der Waals surface area contributed by atoms with Crippen LogP contribution in [0.4, 0.5) is 10.2 Å². The zero-order chi connectivity index (χ0) is 15.1. The molecule has 0 saturated heterocycles. The van der Waals surface area contributed by atoms with Crippen LogP contribution < -0.4 is 11.1 Å². The molecule has 0 aliphatic carbocycles. The summed E-state index contributed by atoms with van der Waals surface area (Å²) in [7, 11) is 0. The van der Waals surface area contributed by atoms with Crippen LogP contribution in [0, 0.1) is 17.7 Å². The van der Waals surface area contributed by atoms with Crippen molar-refractivity contribution in [2.24, 2.45) is 5.73 Å². The Kier molecular flexibility index (Phi) is 5.02. The number of rotatable bonds is 3. The summed E-state index contributed by atoms with van der Waals surface area (Å²) in [5.41, 5.74) is 6.57. The number of benzene rings is 1. The molecule has 0 atom stereocenters. The minimum absolute atomic E-state index is 0.153. The quantitative estimate of drug-likeness (QED) is 0.843. The number of nitrogens with one attached hydrogen (secondary N) is 1. The molecule has 2 rings (SSSR count). The molecule has 3 N–H and O–H groups in total. The molecule has 0 spiro atoms. The molecule has 1 amide bonds. The topological polar surface area (TPSA) is 68.0 Å². The zero-order valence-corrected chi connectivity index (χ0v) is 11.3. The van der Waals surface area contributed by atoms with Gasteiger partial charge in [-0.25, -0.2) is 9.37 Å². The molecule has 1 aromatic heterocycles. The van der Waals surface area contributed by atoms with Gasteiger partial charge in [0.15, 0.2) is 0 Å². The lowest BCUT2D eigenvalue weighted by molar-refractivity contribution is -0.115. The van der Waals surface area contributed by atoms with Crippen molar-refractivity contribution in [3.05, 3.63) is 59.5 Å². The highest BCUT2D eigenvalue weighted by molar-refractivity contribution is 5.91. The minimum atomic E-state index is -0.327. The lowest BCUT2D eigenvalue weighted by Gasteiger charge is -2.05. The molecule has 0 saturated carbocycles. The summed E-state index contributed by atoms with van der Waals surface area (Å²) in [4.78, 5) is 16.1. The number of amides is 1. The largest absolute Gasteiger partial charge is 0.320 e. The van der Waals surface area contributed by atoms with Crippen LogP contribution in [0.3, 0.4) is 0 Å². The second-order valence-corrected chi connectivity index (χ2v) is 4.27. The average molecular weight is 283 g/mol. The molecule has 0 fully saturated rings. The number of carbonyl (C=O) groups is 1. The molecule has 106 valence electrons. The number of halogens is 1. The summed E-state index contributed by atoms with van der Waals surface area (Å²) in [5.74, 6) is 5.36. The van der Waals surface area contributed by atoms with E-state index >= 15 is 0 Å². The number of hydrogen-bond donors (Lipinski definition) is 2. The van der Waals surface area contributed by atoms with Crippen LogP contribution in [-0.4, -0.2) is 17.4 Å². The van der Waals surface area contributed by atoms with E-state index in [4.69, 9.17) is 5.73 Å². The zero-order valence-electron chi connectivity index (χ0n) is 11.3. The number of pyridine rings is 1. The Hall–Kier alpha value is -2.71. The molecule has 0 unspecified atom stereocenters. The molecule has 0 aliphatic heterocycles. The van der Waals surface area contributed by atoms with Crippen LogP contribution in [0.15, 0.2) is 42.5 Å². The Morgan fingerprint density at radius 3 is 2.71 bits per heavy atom. The molecule has 2 aromatic rings. The van der Waals surface area contributed by atoms with Gasteiger partial charge in [0.2, 0.25) is 5.91 Å². The standard InChI is InChI=1S/C16H14FN3O/c17-13-8-6-12(7-9-13)11-16(21)20-15-5-1-3-14(19-15)4-2-10-18/h1,3,5-9H,10-11,18H2,(H,19,20,21). The van der Waals surface area contributed by atoms with Gasteiger partial charge in [0.05, 0.1) is 13.0 Å². The molecular weight excluding hydrogens is 269 g/mol. The van der Waals surface area contributed by atoms with Crippen LogP contribution in [0.1, 0.15) is 11.3 Å². The fraction of sp³-hybridized carbons (Fsp3) is 0.125. The van der Waals surface area contributed by atoms with Crippen LogP contribution in [-0.2, 0) is 11.2 Å². The summed E-state index contributed by atoms with van der Waals surface area (Å²) < 4.78 is 12.8. The molecule has 0 aliphatic rings. The lowest BCUT2D eigenvalue weighted by atomic mass is 10.1. The predicted octanol–water partition coefficient (Wildman–Crippen LogP) is 1.71. The van der Waals surface area contributed by atoms with Crippen LogP contribution in [0.25, 0.3) is 0 Å². The molecule has 21 heavy (non-hydrogen) atoms. The van der Waals surface area contributed by atoms with E-state index in [-0.39, 0.29) is 24.7 Å². The fourth-order valence-electron chi connectivity index (χ4n) is 1.69. The van der Waals surface area contributed by atoms with E-state index in [1.165, 1.54) is 12.1 Å². The number of anilines is 1. The maximum absolute atomic E-state index is 12.8. The molecule has 5 heteroatoms. The van der Waals surface area contributed by atoms with Gasteiger partial charge in [-0.2, -0.15) is 0 Å². The highest BCUT2D eigenvalue weighted by Crippen LogP contribution is 2.07. The summed E-state index contributed by atoms with van der Waals surface area (Å²) >= 11 is 0. The summed E-state index contributed by atoms with van der Waals surface area (Å²) in [6.45, 7) is 0.253. The van der Waals surface area contributed by atoms with E-state index in [0.717, 1.165) is 5.56 Å². The van der Waals surface area contributed by atoms with Crippen LogP contribution in [0.2, 0.25) is 0 Å². The second-order valence-electron chi connectivity index (χ2n) is 4.27. The third kappa shape index (κ3) is 4.71. The Bertz CT molecular complexity index is 687. The Labute approximate surface area is 122 Å². The van der Waals surface area contributed by atoms with Gasteiger partial charge in [0, 0.05) is 0 Å². The average Bonchev–Trinajstić information content (AvgIpc) is 2.48. The van der Waals surface area contributed by atoms with Crippen molar-refractivity contribution in [2.45, 2.75) is 6.42 Å². The number of hydrogen-bond acceptors (Lipinski definition) is 3. The number of carbonyl (C=O) groups excluding carboxylic acids is 1. The summed E-state index contributed by atoms with van der Waals surface area (Å²) in [6, 6.07) is 11.0. The highest BCUT2D eigenvalue weighted by Gasteiger charge is 2.05. The van der Waals surface area contributed by atoms with Gasteiger partial charge in [-0.3, -0.25) is 4.79 Å². The third-order valence-electron chi connectivity index (χ3n) is 2.61. The van der Waals surface area contributed by atoms with E-state index in [2.05, 4.69) is 22.1 Å². The van der Waals surface area contributed by atoms with E-state index < -0.39 is 0 Å². The van der Waals surface area contributed by atoms with Crippen molar-refractivity contribution in [3.63, 3.8) is 0 Å². The van der Waals surface area contributed by atoms with Crippen molar-refractivity contribution in [1.82, 2.24) is 4.98 Å². The number of aromatic nitrogens is 1. The smallest absolute Gasteiger partial charge is 0.229 e. The minimum Gasteiger partial charge on any atom is -0.320 e. The van der Waals surface area contributed by atoms with Crippen molar-refractivity contribution in [2.75, 3.05) is 11.9 Å². The number of nitrogens with two attached hydrogens (primary N) is 1. The second kappa shape index (κ2) is 7.17. The van der Waals surface area contributed by atoms with Gasteiger partial charge >= 0.3 is 0 Å². The van der Waals surface area contributed by atoms with E-state index in [1.807, 2.05) is 0 Å². The normalized spacial score (nSPS) is 9.62. The van der Waals surface area contributed by atoms with E-state index in [9.17, 15) is 9.18 Å². The van der Waals surface area contributed by atoms with Gasteiger partial charge in [-0.1, -0.05) is 24.1 Å². The summed E-state index contributed by atoms with van der Waals surface area (Å²) in [6.07, 6.45) is 0.153. The van der Waals surface area contributed by atoms with Crippen molar-refractivity contribution in [3.8, 4) is 11.8 Å². The molecule has 1 heterocycles. The molecule has 0 bridgehead atoms. The monoisotopic (exact) mass is 283 g/mol. The molecular formula is C16H14FN3O. The lowest BCUT2D eigenvalue weighted by Crippen LogP contribution is -2.15. The first kappa shape index (κ1) is 14.7. The van der Waals surface area contributed by atoms with Gasteiger partial charge in [-0.15, -0.1) is 0 Å². The fourth-order valence-corrected chi connectivity index (χ4v) is 1.69. The van der Waals surface area contributed by atoms with Gasteiger partial charge in [0.25, 0.3) is 0 Å². The Balaban J connectivity index is 2.00. The maximum Gasteiger partial charge on any atom is 0.229 e. The van der Waals surface area contributed by atoms with Crippen molar-refractivity contribution in [1.29, 1.82) is 0 Å². The first-order valence-corrected chi connectivity index (χ1v) is 6.37. The van der Waals surface area contributed by atoms with Gasteiger partial charge < -0.3 is 11.1 Å². The molecule has 0 radical (unpaired) electrons. The Morgan fingerprint density at radius 1 is 1.24 bits per heavy atom. The number of nitrogens with zero attached hydrogens (tertiary/aromatic N) is 1. The van der Waals surface area contributed by atoms with Crippen LogP contribution in [0.5, 0.6) is 0 Å². The Morgan fingerprint density at radius 2 is 2.00 bits per heavy atom. The highest BCUT2D eigenvalue weighted by atomic mass is 19.1. The van der Waals surface area contributed by atoms with Crippen LogP contribution >= 0.6 is 0 Å².